The molecule has 1 aliphatic heterocycles. The fraction of sp³-hybridized carbons (Fsp3) is 0.404. The minimum Gasteiger partial charge on any atom is -0.333 e. The molecule has 2 heteroatoms. The van der Waals surface area contributed by atoms with Gasteiger partial charge < -0.3 is 9.47 Å². The molecule has 0 N–H and O–H groups in total. The van der Waals surface area contributed by atoms with Crippen LogP contribution in [0.15, 0.2) is 96.6 Å². The van der Waals surface area contributed by atoms with Crippen molar-refractivity contribution >= 4 is 33.2 Å². The second kappa shape index (κ2) is 11.0. The third kappa shape index (κ3) is 5.56. The van der Waals surface area contributed by atoms with Crippen LogP contribution in [0.4, 0.5) is 11.4 Å². The van der Waals surface area contributed by atoms with Crippen molar-refractivity contribution in [2.45, 2.75) is 118 Å². The molecule has 1 aliphatic carbocycles. The van der Waals surface area contributed by atoms with E-state index >= 15 is 0 Å². The Morgan fingerprint density at radius 2 is 1.04 bits per heavy atom. The highest BCUT2D eigenvalue weighted by Crippen LogP contribution is 2.52. The van der Waals surface area contributed by atoms with Crippen LogP contribution in [0.1, 0.15) is 117 Å². The van der Waals surface area contributed by atoms with Crippen LogP contribution in [0.2, 0.25) is 0 Å². The van der Waals surface area contributed by atoms with Crippen molar-refractivity contribution in [3.63, 3.8) is 0 Å². The predicted molar refractivity (Wildman–Crippen MR) is 213 cm³/mol. The largest absolute Gasteiger partial charge is 0.333 e. The third-order valence-electron chi connectivity index (χ3n) is 11.2. The fourth-order valence-electron chi connectivity index (χ4n) is 7.98. The summed E-state index contributed by atoms with van der Waals surface area (Å²) in [5.74, 6) is 0.305. The van der Waals surface area contributed by atoms with Crippen LogP contribution in [0, 0.1) is 12.3 Å². The van der Waals surface area contributed by atoms with Gasteiger partial charge in [-0.25, -0.2) is 0 Å². The highest BCUT2D eigenvalue weighted by atomic mass is 15.2. The summed E-state index contributed by atoms with van der Waals surface area (Å²) in [6.07, 6.45) is 7.41. The van der Waals surface area contributed by atoms with E-state index in [0.717, 1.165) is 0 Å². The molecule has 2 nitrogen and oxygen atoms in total. The Kier molecular flexibility index (Phi) is 7.50. The zero-order valence-corrected chi connectivity index (χ0v) is 32.2. The van der Waals surface area contributed by atoms with Crippen LogP contribution < -0.4 is 4.90 Å². The van der Waals surface area contributed by atoms with E-state index in [1.807, 2.05) is 0 Å². The van der Waals surface area contributed by atoms with Gasteiger partial charge in [-0.15, -0.1) is 0 Å². The molecule has 5 aromatic rings. The van der Waals surface area contributed by atoms with Gasteiger partial charge in [-0.05, 0) is 104 Å². The zero-order chi connectivity index (χ0) is 35.4. The van der Waals surface area contributed by atoms with Crippen molar-refractivity contribution in [3.05, 3.63) is 124 Å². The Bertz CT molecular complexity index is 2100. The van der Waals surface area contributed by atoms with Crippen molar-refractivity contribution in [3.8, 4) is 5.69 Å². The van der Waals surface area contributed by atoms with Crippen molar-refractivity contribution in [2.75, 3.05) is 4.90 Å². The third-order valence-corrected chi connectivity index (χ3v) is 11.2. The van der Waals surface area contributed by atoms with Gasteiger partial charge in [-0.3, -0.25) is 0 Å². The summed E-state index contributed by atoms with van der Waals surface area (Å²) in [6.45, 7) is 30.2. The first-order valence-corrected chi connectivity index (χ1v) is 18.3. The number of anilines is 2. The molecule has 2 unspecified atom stereocenters. The first kappa shape index (κ1) is 33.5. The van der Waals surface area contributed by atoms with E-state index in [1.54, 1.807) is 0 Å². The maximum absolute atomic E-state index is 2.63. The Hall–Kier alpha value is -4.04. The number of allylic oxidation sites excluding steroid dienone is 2. The molecule has 0 saturated carbocycles. The second-order valence-electron chi connectivity index (χ2n) is 18.9. The second-order valence-corrected chi connectivity index (χ2v) is 18.9. The summed E-state index contributed by atoms with van der Waals surface area (Å²) in [4.78, 5) is 2.63. The molecule has 2 atom stereocenters. The summed E-state index contributed by atoms with van der Waals surface area (Å²) in [5, 5.41) is 2.66. The molecular formula is C47H56N2. The number of hydrogen-bond acceptors (Lipinski definition) is 1. The van der Waals surface area contributed by atoms with E-state index in [0.29, 0.717) is 5.92 Å². The number of benzene rings is 4. The smallest absolute Gasteiger partial charge is 0.0629 e. The van der Waals surface area contributed by atoms with Gasteiger partial charge in [0.1, 0.15) is 0 Å². The van der Waals surface area contributed by atoms with Gasteiger partial charge in [-0.2, -0.15) is 0 Å². The predicted octanol–water partition coefficient (Wildman–Crippen LogP) is 13.1. The van der Waals surface area contributed by atoms with E-state index in [9.17, 15) is 0 Å². The minimum atomic E-state index is 0.0709. The first-order valence-electron chi connectivity index (χ1n) is 18.3. The number of rotatable bonds is 2. The van der Waals surface area contributed by atoms with Crippen LogP contribution in [-0.4, -0.2) is 10.6 Å². The Labute approximate surface area is 295 Å². The van der Waals surface area contributed by atoms with E-state index in [2.05, 4.69) is 191 Å². The highest BCUT2D eigenvalue weighted by Gasteiger charge is 2.40. The van der Waals surface area contributed by atoms with Crippen LogP contribution in [-0.2, 0) is 16.2 Å². The van der Waals surface area contributed by atoms with Crippen LogP contribution >= 0.6 is 0 Å². The van der Waals surface area contributed by atoms with Gasteiger partial charge >= 0.3 is 0 Å². The molecule has 0 saturated heterocycles. The topological polar surface area (TPSA) is 8.17 Å². The molecule has 1 aromatic heterocycles. The molecule has 2 heterocycles. The van der Waals surface area contributed by atoms with Crippen LogP contribution in [0.3, 0.4) is 0 Å². The molecule has 7 rings (SSSR count). The maximum Gasteiger partial charge on any atom is 0.0629 e. The van der Waals surface area contributed by atoms with Gasteiger partial charge in [0.05, 0.1) is 22.8 Å². The number of nitrogens with zero attached hydrogens (tertiary/aromatic N) is 2. The Balaban J connectivity index is 1.46. The van der Waals surface area contributed by atoms with Crippen molar-refractivity contribution in [2.24, 2.45) is 5.41 Å². The summed E-state index contributed by atoms with van der Waals surface area (Å²) < 4.78 is 2.52. The monoisotopic (exact) mass is 648 g/mol. The molecule has 0 bridgehead atoms. The molecular weight excluding hydrogens is 593 g/mol. The summed E-state index contributed by atoms with van der Waals surface area (Å²) in [7, 11) is 0. The number of fused-ring (bicyclic) bond motifs is 6. The average Bonchev–Trinajstić information content (AvgIpc) is 3.51. The van der Waals surface area contributed by atoms with Gasteiger partial charge in [0, 0.05) is 28.1 Å². The normalized spacial score (nSPS) is 18.3. The minimum absolute atomic E-state index is 0.0709. The van der Waals surface area contributed by atoms with Gasteiger partial charge in [0.15, 0.2) is 0 Å². The van der Waals surface area contributed by atoms with Crippen molar-refractivity contribution in [1.29, 1.82) is 0 Å². The molecule has 2 aliphatic rings. The molecule has 0 radical (unpaired) electrons. The quantitative estimate of drug-likeness (QED) is 0.185. The van der Waals surface area contributed by atoms with E-state index in [1.165, 1.54) is 72.3 Å². The Morgan fingerprint density at radius 1 is 0.531 bits per heavy atom. The average molecular weight is 649 g/mol. The first-order chi connectivity index (χ1) is 22.7. The molecule has 49 heavy (non-hydrogen) atoms. The number of aromatic nitrogens is 1. The molecule has 0 fully saturated rings. The van der Waals surface area contributed by atoms with Crippen molar-refractivity contribution < 1.29 is 0 Å². The number of hydrogen-bond donors (Lipinski definition) is 0. The lowest BCUT2D eigenvalue weighted by Gasteiger charge is -2.33. The lowest BCUT2D eigenvalue weighted by molar-refractivity contribution is 0.507. The highest BCUT2D eigenvalue weighted by molar-refractivity contribution is 6.10. The summed E-state index contributed by atoms with van der Waals surface area (Å²) >= 11 is 0. The molecule has 254 valence electrons. The van der Waals surface area contributed by atoms with Gasteiger partial charge in [0.25, 0.3) is 0 Å². The van der Waals surface area contributed by atoms with Crippen molar-refractivity contribution in [1.82, 2.24) is 4.57 Å². The van der Waals surface area contributed by atoms with Gasteiger partial charge in [-0.1, -0.05) is 132 Å². The molecule has 0 amide bonds. The zero-order valence-electron chi connectivity index (χ0n) is 32.2. The maximum atomic E-state index is 2.63. The standard InChI is InChI=1S/C47H56N2/c1-29-38(48-40-21-17-30(44(2,3)4)25-34(40)35-26-31(45(5,6)7)18-22-41(35)48)15-14-16-39(29)49-42-23-19-32(46(8,9)10)27-36(42)37-28-33(47(11,12)13)20-24-43(37)49/h14-28,34,40H,1-13H3. The SMILES string of the molecule is Cc1c(N2c3ccc(C(C)(C)C)cc3C3C=C(C(C)(C)C)C=CC32)cccc1-n1c2ccc(C(C)(C)C)cc2c2cc(C(C)(C)C)ccc21. The van der Waals surface area contributed by atoms with E-state index in [-0.39, 0.29) is 27.7 Å². The summed E-state index contributed by atoms with van der Waals surface area (Å²) in [6, 6.07) is 28.7. The van der Waals surface area contributed by atoms with Gasteiger partial charge in [0.2, 0.25) is 0 Å². The van der Waals surface area contributed by atoms with E-state index in [4.69, 9.17) is 0 Å². The molecule has 4 aromatic carbocycles. The Morgan fingerprint density at radius 3 is 1.57 bits per heavy atom. The van der Waals surface area contributed by atoms with Crippen LogP contribution in [0.5, 0.6) is 0 Å². The lowest BCUT2D eigenvalue weighted by Crippen LogP contribution is -2.30. The lowest BCUT2D eigenvalue weighted by atomic mass is 9.77. The van der Waals surface area contributed by atoms with Crippen LogP contribution in [0.25, 0.3) is 27.5 Å². The van der Waals surface area contributed by atoms with E-state index < -0.39 is 0 Å². The molecule has 0 spiro atoms. The summed E-state index contributed by atoms with van der Waals surface area (Å²) in [5.41, 5.74) is 15.0. The fourth-order valence-corrected chi connectivity index (χ4v) is 7.98.